The van der Waals surface area contributed by atoms with Crippen molar-refractivity contribution < 1.29 is 4.74 Å². The minimum absolute atomic E-state index is 0.0294. The quantitative estimate of drug-likeness (QED) is 0.891. The molecular weight excluding hydrogens is 292 g/mol. The summed E-state index contributed by atoms with van der Waals surface area (Å²) in [5.74, 6) is 0. The largest absolute Gasteiger partial charge is 0.379 e. The maximum absolute atomic E-state index is 6.36. The molecule has 1 aromatic heterocycles. The molecule has 0 bridgehead atoms. The number of nitrogens with zero attached hydrogens (tertiary/aromatic N) is 1. The first-order chi connectivity index (χ1) is 9.61. The van der Waals surface area contributed by atoms with Crippen LogP contribution < -0.4 is 5.32 Å². The van der Waals surface area contributed by atoms with Crippen LogP contribution in [-0.4, -0.2) is 23.2 Å². The second-order valence-electron chi connectivity index (χ2n) is 5.61. The number of hydrogen-bond donors (Lipinski definition) is 1. The Morgan fingerprint density at radius 1 is 1.55 bits per heavy atom. The van der Waals surface area contributed by atoms with E-state index < -0.39 is 0 Å². The third-order valence-corrected chi connectivity index (χ3v) is 5.25. The van der Waals surface area contributed by atoms with Gasteiger partial charge >= 0.3 is 0 Å². The summed E-state index contributed by atoms with van der Waals surface area (Å²) in [4.78, 5) is 4.44. The van der Waals surface area contributed by atoms with E-state index in [4.69, 9.17) is 16.3 Å². The molecule has 1 aliphatic rings. The van der Waals surface area contributed by atoms with Crippen molar-refractivity contribution in [2.45, 2.75) is 44.8 Å². The molecule has 0 radical (unpaired) electrons. The SMILES string of the molecule is CCC1(C)CC(Nc2c(Cl)ccc3scnc23)CCO1. The van der Waals surface area contributed by atoms with E-state index in [0.717, 1.165) is 42.1 Å². The van der Waals surface area contributed by atoms with Gasteiger partial charge in [-0.1, -0.05) is 18.5 Å². The van der Waals surface area contributed by atoms with Crippen LogP contribution in [0.1, 0.15) is 33.1 Å². The number of aromatic nitrogens is 1. The molecule has 3 nitrogen and oxygen atoms in total. The smallest absolute Gasteiger partial charge is 0.106 e. The molecule has 2 unspecified atom stereocenters. The van der Waals surface area contributed by atoms with Gasteiger partial charge in [0.05, 0.1) is 26.5 Å². The van der Waals surface area contributed by atoms with Crippen LogP contribution in [0.3, 0.4) is 0 Å². The van der Waals surface area contributed by atoms with Gasteiger partial charge in [-0.2, -0.15) is 0 Å². The van der Waals surface area contributed by atoms with E-state index in [0.29, 0.717) is 6.04 Å². The highest BCUT2D eigenvalue weighted by Crippen LogP contribution is 2.35. The van der Waals surface area contributed by atoms with E-state index in [9.17, 15) is 0 Å². The van der Waals surface area contributed by atoms with E-state index in [1.165, 1.54) is 4.70 Å². The fraction of sp³-hybridized carbons (Fsp3) is 0.533. The van der Waals surface area contributed by atoms with Crippen molar-refractivity contribution in [1.29, 1.82) is 0 Å². The summed E-state index contributed by atoms with van der Waals surface area (Å²) in [6, 6.07) is 4.36. The third-order valence-electron chi connectivity index (χ3n) is 4.14. The molecule has 3 rings (SSSR count). The number of benzene rings is 1. The fourth-order valence-electron chi connectivity index (χ4n) is 2.75. The lowest BCUT2D eigenvalue weighted by molar-refractivity contribution is -0.0708. The average molecular weight is 311 g/mol. The van der Waals surface area contributed by atoms with Gasteiger partial charge in [0, 0.05) is 12.6 Å². The lowest BCUT2D eigenvalue weighted by Gasteiger charge is -2.38. The van der Waals surface area contributed by atoms with Gasteiger partial charge in [0.25, 0.3) is 0 Å². The molecule has 1 aromatic carbocycles. The van der Waals surface area contributed by atoms with Gasteiger partial charge in [0.15, 0.2) is 0 Å². The van der Waals surface area contributed by atoms with Crippen molar-refractivity contribution in [1.82, 2.24) is 4.98 Å². The molecule has 108 valence electrons. The number of halogens is 1. The van der Waals surface area contributed by atoms with E-state index in [-0.39, 0.29) is 5.60 Å². The molecule has 0 amide bonds. The molecule has 2 heterocycles. The van der Waals surface area contributed by atoms with Gasteiger partial charge in [0.1, 0.15) is 5.52 Å². The molecule has 2 aromatic rings. The zero-order valence-corrected chi connectivity index (χ0v) is 13.4. The summed E-state index contributed by atoms with van der Waals surface area (Å²) >= 11 is 8.00. The lowest BCUT2D eigenvalue weighted by Crippen LogP contribution is -2.41. The predicted molar refractivity (Wildman–Crippen MR) is 85.9 cm³/mol. The normalized spacial score (nSPS) is 26.9. The summed E-state index contributed by atoms with van der Waals surface area (Å²) in [5, 5.41) is 4.34. The highest BCUT2D eigenvalue weighted by Gasteiger charge is 2.32. The summed E-state index contributed by atoms with van der Waals surface area (Å²) in [6.07, 6.45) is 3.03. The Morgan fingerprint density at radius 2 is 2.40 bits per heavy atom. The molecule has 1 fully saturated rings. The highest BCUT2D eigenvalue weighted by molar-refractivity contribution is 7.16. The van der Waals surface area contributed by atoms with Crippen molar-refractivity contribution in [3.63, 3.8) is 0 Å². The Balaban J connectivity index is 1.86. The van der Waals surface area contributed by atoms with Crippen LogP contribution in [-0.2, 0) is 4.74 Å². The van der Waals surface area contributed by atoms with Crippen molar-refractivity contribution in [2.24, 2.45) is 0 Å². The van der Waals surface area contributed by atoms with E-state index in [1.54, 1.807) is 11.3 Å². The summed E-state index contributed by atoms with van der Waals surface area (Å²) in [7, 11) is 0. The monoisotopic (exact) mass is 310 g/mol. The zero-order chi connectivity index (χ0) is 14.2. The number of hydrogen-bond acceptors (Lipinski definition) is 4. The molecule has 0 spiro atoms. The van der Waals surface area contributed by atoms with Gasteiger partial charge in [-0.25, -0.2) is 4.98 Å². The van der Waals surface area contributed by atoms with Crippen LogP contribution in [0.15, 0.2) is 17.6 Å². The number of anilines is 1. The Morgan fingerprint density at radius 3 is 3.20 bits per heavy atom. The molecule has 0 aliphatic carbocycles. The van der Waals surface area contributed by atoms with Crippen LogP contribution in [0.4, 0.5) is 5.69 Å². The van der Waals surface area contributed by atoms with Crippen LogP contribution in [0.25, 0.3) is 10.2 Å². The van der Waals surface area contributed by atoms with Crippen molar-refractivity contribution in [3.8, 4) is 0 Å². The number of thiazole rings is 1. The molecule has 0 saturated carbocycles. The molecule has 1 saturated heterocycles. The standard InChI is InChI=1S/C15H19ClN2OS/c1-3-15(2)8-10(6-7-19-15)18-13-11(16)4-5-12-14(13)17-9-20-12/h4-5,9-10,18H,3,6-8H2,1-2H3. The van der Waals surface area contributed by atoms with Gasteiger partial charge in [-0.05, 0) is 38.3 Å². The van der Waals surface area contributed by atoms with Crippen LogP contribution >= 0.6 is 22.9 Å². The topological polar surface area (TPSA) is 34.2 Å². The minimum atomic E-state index is -0.0294. The third kappa shape index (κ3) is 2.65. The van der Waals surface area contributed by atoms with Crippen molar-refractivity contribution in [3.05, 3.63) is 22.7 Å². The van der Waals surface area contributed by atoms with Crippen molar-refractivity contribution in [2.75, 3.05) is 11.9 Å². The van der Waals surface area contributed by atoms with Crippen LogP contribution in [0.2, 0.25) is 5.02 Å². The summed E-state index contributed by atoms with van der Waals surface area (Å²) in [6.45, 7) is 5.16. The van der Waals surface area contributed by atoms with Crippen LogP contribution in [0.5, 0.6) is 0 Å². The zero-order valence-electron chi connectivity index (χ0n) is 11.8. The van der Waals surface area contributed by atoms with Gasteiger partial charge in [-0.3, -0.25) is 0 Å². The first kappa shape index (κ1) is 14.1. The number of fused-ring (bicyclic) bond motifs is 1. The van der Waals surface area contributed by atoms with Gasteiger partial charge in [-0.15, -0.1) is 11.3 Å². The Bertz CT molecular complexity index is 615. The fourth-order valence-corrected chi connectivity index (χ4v) is 3.64. The summed E-state index contributed by atoms with van der Waals surface area (Å²) in [5.41, 5.74) is 3.79. The number of nitrogens with one attached hydrogen (secondary N) is 1. The number of ether oxygens (including phenoxy) is 1. The lowest BCUT2D eigenvalue weighted by atomic mass is 9.90. The Kier molecular flexibility index (Phi) is 3.89. The van der Waals surface area contributed by atoms with E-state index in [1.807, 2.05) is 17.6 Å². The number of rotatable bonds is 3. The first-order valence-corrected chi connectivity index (χ1v) is 8.29. The molecule has 20 heavy (non-hydrogen) atoms. The maximum Gasteiger partial charge on any atom is 0.106 e. The first-order valence-electron chi connectivity index (χ1n) is 7.03. The highest BCUT2D eigenvalue weighted by atomic mass is 35.5. The minimum Gasteiger partial charge on any atom is -0.379 e. The van der Waals surface area contributed by atoms with E-state index in [2.05, 4.69) is 24.1 Å². The van der Waals surface area contributed by atoms with Gasteiger partial charge < -0.3 is 10.1 Å². The molecular formula is C15H19ClN2OS. The van der Waals surface area contributed by atoms with E-state index >= 15 is 0 Å². The van der Waals surface area contributed by atoms with Gasteiger partial charge in [0.2, 0.25) is 0 Å². The summed E-state index contributed by atoms with van der Waals surface area (Å²) < 4.78 is 7.07. The second kappa shape index (κ2) is 5.51. The Labute approximate surface area is 128 Å². The van der Waals surface area contributed by atoms with Crippen LogP contribution in [0, 0.1) is 0 Å². The molecule has 1 aliphatic heterocycles. The molecule has 5 heteroatoms. The predicted octanol–water partition coefficient (Wildman–Crippen LogP) is 4.71. The Hall–Kier alpha value is -0.840. The van der Waals surface area contributed by atoms with Crippen molar-refractivity contribution >= 4 is 38.8 Å². The maximum atomic E-state index is 6.36. The molecule has 1 N–H and O–H groups in total. The average Bonchev–Trinajstić information content (AvgIpc) is 2.91. The molecule has 2 atom stereocenters. The second-order valence-corrected chi connectivity index (χ2v) is 6.90.